The number of rotatable bonds is 3. The van der Waals surface area contributed by atoms with E-state index < -0.39 is 6.04 Å². The molecule has 0 unspecified atom stereocenters. The van der Waals surface area contributed by atoms with Gasteiger partial charge in [-0.25, -0.2) is 4.90 Å². The Kier molecular flexibility index (Phi) is 5.52. The Balaban J connectivity index is 1.46. The second-order valence-electron chi connectivity index (χ2n) is 6.89. The van der Waals surface area contributed by atoms with E-state index in [0.717, 1.165) is 18.8 Å². The van der Waals surface area contributed by atoms with Crippen molar-refractivity contribution in [2.24, 2.45) is 0 Å². The number of piperazine rings is 1. The number of benzene rings is 2. The van der Waals surface area contributed by atoms with Crippen LogP contribution in [0.1, 0.15) is 6.42 Å². The molecule has 2 aromatic carbocycles. The van der Waals surface area contributed by atoms with Crippen LogP contribution in [0.25, 0.3) is 0 Å². The lowest BCUT2D eigenvalue weighted by Gasteiger charge is -2.38. The predicted molar refractivity (Wildman–Crippen MR) is 113 cm³/mol. The zero-order valence-corrected chi connectivity index (χ0v) is 17.2. The summed E-state index contributed by atoms with van der Waals surface area (Å²) >= 11 is 18.2. The van der Waals surface area contributed by atoms with Gasteiger partial charge in [0.05, 0.1) is 23.2 Å². The number of imide groups is 1. The second-order valence-corrected chi connectivity index (χ2v) is 8.17. The van der Waals surface area contributed by atoms with Crippen LogP contribution >= 0.6 is 34.8 Å². The fourth-order valence-electron chi connectivity index (χ4n) is 3.78. The lowest BCUT2D eigenvalue weighted by Crippen LogP contribution is -2.52. The van der Waals surface area contributed by atoms with E-state index in [4.69, 9.17) is 34.8 Å². The van der Waals surface area contributed by atoms with Gasteiger partial charge in [-0.1, -0.05) is 40.9 Å². The van der Waals surface area contributed by atoms with Crippen LogP contribution in [-0.4, -0.2) is 48.9 Å². The zero-order chi connectivity index (χ0) is 19.8. The quantitative estimate of drug-likeness (QED) is 0.677. The first kappa shape index (κ1) is 19.5. The molecule has 2 fully saturated rings. The van der Waals surface area contributed by atoms with Gasteiger partial charge in [-0.3, -0.25) is 14.5 Å². The van der Waals surface area contributed by atoms with E-state index in [2.05, 4.69) is 9.80 Å². The molecule has 2 heterocycles. The number of amides is 2. The average molecular weight is 439 g/mol. The minimum Gasteiger partial charge on any atom is -0.369 e. The molecule has 0 bridgehead atoms. The SMILES string of the molecule is O=C1C[C@H](N2CCN(c3cccc(Cl)c3)CC2)C(=O)N1c1ccc(Cl)cc1Cl. The number of anilines is 2. The van der Waals surface area contributed by atoms with Crippen molar-refractivity contribution in [3.8, 4) is 0 Å². The molecule has 0 N–H and O–H groups in total. The summed E-state index contributed by atoms with van der Waals surface area (Å²) in [5, 5.41) is 1.45. The molecule has 0 aliphatic carbocycles. The van der Waals surface area contributed by atoms with Gasteiger partial charge >= 0.3 is 0 Å². The average Bonchev–Trinajstić information content (AvgIpc) is 2.96. The van der Waals surface area contributed by atoms with Gasteiger partial charge in [0, 0.05) is 41.9 Å². The van der Waals surface area contributed by atoms with Gasteiger partial charge in [0.1, 0.15) is 0 Å². The van der Waals surface area contributed by atoms with Crippen LogP contribution < -0.4 is 9.80 Å². The van der Waals surface area contributed by atoms with E-state index in [1.165, 1.54) is 11.0 Å². The third-order valence-electron chi connectivity index (χ3n) is 5.20. The highest BCUT2D eigenvalue weighted by atomic mass is 35.5. The topological polar surface area (TPSA) is 43.9 Å². The summed E-state index contributed by atoms with van der Waals surface area (Å²) in [6.07, 6.45) is 0.162. The highest BCUT2D eigenvalue weighted by Gasteiger charge is 2.44. The molecule has 2 amide bonds. The van der Waals surface area contributed by atoms with Crippen molar-refractivity contribution in [2.75, 3.05) is 36.0 Å². The maximum absolute atomic E-state index is 13.0. The summed E-state index contributed by atoms with van der Waals surface area (Å²) in [5.74, 6) is -0.470. The van der Waals surface area contributed by atoms with E-state index in [0.29, 0.717) is 33.8 Å². The predicted octanol–water partition coefficient (Wildman–Crippen LogP) is 4.10. The van der Waals surface area contributed by atoms with Crippen molar-refractivity contribution in [3.05, 3.63) is 57.5 Å². The van der Waals surface area contributed by atoms with Gasteiger partial charge < -0.3 is 4.90 Å². The summed E-state index contributed by atoms with van der Waals surface area (Å²) < 4.78 is 0. The molecule has 5 nitrogen and oxygen atoms in total. The van der Waals surface area contributed by atoms with Crippen molar-refractivity contribution < 1.29 is 9.59 Å². The third kappa shape index (κ3) is 3.72. The lowest BCUT2D eigenvalue weighted by molar-refractivity contribution is -0.123. The molecule has 2 aromatic rings. The molecule has 0 aromatic heterocycles. The van der Waals surface area contributed by atoms with Crippen molar-refractivity contribution in [1.29, 1.82) is 0 Å². The summed E-state index contributed by atoms with van der Waals surface area (Å²) in [5.41, 5.74) is 1.46. The van der Waals surface area contributed by atoms with Gasteiger partial charge in [-0.15, -0.1) is 0 Å². The molecular formula is C20H18Cl3N3O2. The maximum atomic E-state index is 13.0. The van der Waals surface area contributed by atoms with Gasteiger partial charge in [0.2, 0.25) is 5.91 Å². The lowest BCUT2D eigenvalue weighted by atomic mass is 10.1. The highest BCUT2D eigenvalue weighted by molar-refractivity contribution is 6.38. The fraction of sp³-hybridized carbons (Fsp3) is 0.300. The molecule has 146 valence electrons. The van der Waals surface area contributed by atoms with Crippen molar-refractivity contribution >= 4 is 58.0 Å². The van der Waals surface area contributed by atoms with E-state index in [-0.39, 0.29) is 18.2 Å². The molecule has 8 heteroatoms. The molecule has 4 rings (SSSR count). The number of nitrogens with zero attached hydrogens (tertiary/aromatic N) is 3. The van der Waals surface area contributed by atoms with E-state index in [1.54, 1.807) is 12.1 Å². The van der Waals surface area contributed by atoms with Gasteiger partial charge in [0.15, 0.2) is 0 Å². The first-order valence-electron chi connectivity index (χ1n) is 9.00. The van der Waals surface area contributed by atoms with E-state index in [1.807, 2.05) is 24.3 Å². The van der Waals surface area contributed by atoms with E-state index in [9.17, 15) is 9.59 Å². The van der Waals surface area contributed by atoms with Crippen LogP contribution in [0.3, 0.4) is 0 Å². The van der Waals surface area contributed by atoms with Gasteiger partial charge in [-0.05, 0) is 36.4 Å². The Morgan fingerprint density at radius 2 is 1.57 bits per heavy atom. The summed E-state index contributed by atoms with van der Waals surface area (Å²) in [4.78, 5) is 31.0. The number of halogens is 3. The second kappa shape index (κ2) is 7.91. The van der Waals surface area contributed by atoms with Crippen LogP contribution in [0.5, 0.6) is 0 Å². The molecular weight excluding hydrogens is 421 g/mol. The Morgan fingerprint density at radius 1 is 0.857 bits per heavy atom. The summed E-state index contributed by atoms with van der Waals surface area (Å²) in [7, 11) is 0. The van der Waals surface area contributed by atoms with Crippen molar-refractivity contribution in [3.63, 3.8) is 0 Å². The largest absolute Gasteiger partial charge is 0.369 e. The van der Waals surface area contributed by atoms with Crippen molar-refractivity contribution in [1.82, 2.24) is 4.90 Å². The monoisotopic (exact) mass is 437 g/mol. The molecule has 0 spiro atoms. The zero-order valence-electron chi connectivity index (χ0n) is 14.9. The highest BCUT2D eigenvalue weighted by Crippen LogP contribution is 2.33. The normalized spacial score (nSPS) is 20.9. The number of carbonyl (C=O) groups is 2. The fourth-order valence-corrected chi connectivity index (χ4v) is 4.46. The van der Waals surface area contributed by atoms with Gasteiger partial charge in [0.25, 0.3) is 5.91 Å². The van der Waals surface area contributed by atoms with Gasteiger partial charge in [-0.2, -0.15) is 0 Å². The van der Waals surface area contributed by atoms with Crippen LogP contribution in [0.2, 0.25) is 15.1 Å². The Labute approximate surface area is 178 Å². The molecule has 0 saturated carbocycles. The molecule has 28 heavy (non-hydrogen) atoms. The Morgan fingerprint density at radius 3 is 2.25 bits per heavy atom. The Hall–Kier alpha value is -1.79. The molecule has 2 aliphatic rings. The smallest absolute Gasteiger partial charge is 0.251 e. The maximum Gasteiger partial charge on any atom is 0.251 e. The summed E-state index contributed by atoms with van der Waals surface area (Å²) in [6, 6.07) is 12.1. The molecule has 2 aliphatic heterocycles. The Bertz CT molecular complexity index is 929. The van der Waals surface area contributed by atoms with E-state index >= 15 is 0 Å². The van der Waals surface area contributed by atoms with Crippen molar-refractivity contribution in [2.45, 2.75) is 12.5 Å². The number of carbonyl (C=O) groups excluding carboxylic acids is 2. The van der Waals surface area contributed by atoms with Crippen LogP contribution in [0.4, 0.5) is 11.4 Å². The third-order valence-corrected chi connectivity index (χ3v) is 5.97. The minimum absolute atomic E-state index is 0.162. The van der Waals surface area contributed by atoms with Crippen LogP contribution in [-0.2, 0) is 9.59 Å². The standard InChI is InChI=1S/C20H18Cl3N3O2/c21-13-2-1-3-15(10-13)24-6-8-25(9-7-24)18-12-19(27)26(20(18)28)17-5-4-14(22)11-16(17)23/h1-5,10-11,18H,6-9,12H2/t18-/m0/s1. The molecule has 0 radical (unpaired) electrons. The molecule has 2 saturated heterocycles. The number of hydrogen-bond acceptors (Lipinski definition) is 4. The summed E-state index contributed by atoms with van der Waals surface area (Å²) in [6.45, 7) is 2.91. The molecule has 1 atom stereocenters. The first-order valence-corrected chi connectivity index (χ1v) is 10.1. The number of hydrogen-bond donors (Lipinski definition) is 0. The van der Waals surface area contributed by atoms with Crippen LogP contribution in [0.15, 0.2) is 42.5 Å². The first-order chi connectivity index (χ1) is 13.4. The van der Waals surface area contributed by atoms with Crippen LogP contribution in [0, 0.1) is 0 Å². The minimum atomic E-state index is -0.458.